The standard InChI is InChI=1S/C21H24N2O3S.ClH/c24-19(14-22-10-6-16(7-11-22)21(25)26)23-12-8-18-17(9-13-27-18)20(23)15-4-2-1-3-5-15;/h1-5,9,13,16,20H,6-8,10-12,14H2,(H,25,26);1H. The van der Waals surface area contributed by atoms with E-state index in [1.165, 1.54) is 10.4 Å². The van der Waals surface area contributed by atoms with Crippen molar-refractivity contribution in [3.63, 3.8) is 0 Å². The molecule has 2 aliphatic heterocycles. The molecule has 1 fully saturated rings. The van der Waals surface area contributed by atoms with Gasteiger partial charge in [0.25, 0.3) is 0 Å². The van der Waals surface area contributed by atoms with E-state index in [-0.39, 0.29) is 30.3 Å². The zero-order valence-corrected chi connectivity index (χ0v) is 17.3. The number of benzene rings is 1. The van der Waals surface area contributed by atoms with Crippen molar-refractivity contribution >= 4 is 35.6 Å². The number of halogens is 1. The van der Waals surface area contributed by atoms with Gasteiger partial charge in [0.15, 0.2) is 0 Å². The van der Waals surface area contributed by atoms with Crippen LogP contribution in [-0.4, -0.2) is 53.0 Å². The predicted molar refractivity (Wildman–Crippen MR) is 112 cm³/mol. The molecule has 1 aromatic heterocycles. The van der Waals surface area contributed by atoms with Crippen LogP contribution < -0.4 is 0 Å². The van der Waals surface area contributed by atoms with E-state index >= 15 is 0 Å². The van der Waals surface area contributed by atoms with Crippen molar-refractivity contribution in [1.82, 2.24) is 9.80 Å². The number of hydrogen-bond donors (Lipinski definition) is 1. The SMILES string of the molecule is Cl.O=C(O)C1CCN(CC(=O)N2CCc3sccc3C2c2ccccc2)CC1. The Balaban J connectivity index is 0.00000225. The molecular weight excluding hydrogens is 396 g/mol. The molecule has 1 aromatic carbocycles. The second kappa shape index (κ2) is 9.07. The number of carbonyl (C=O) groups is 2. The summed E-state index contributed by atoms with van der Waals surface area (Å²) in [6.45, 7) is 2.46. The lowest BCUT2D eigenvalue weighted by atomic mass is 9.93. The third kappa shape index (κ3) is 4.24. The summed E-state index contributed by atoms with van der Waals surface area (Å²) >= 11 is 1.77. The van der Waals surface area contributed by atoms with Gasteiger partial charge in [-0.2, -0.15) is 0 Å². The number of carbonyl (C=O) groups excluding carboxylic acids is 1. The van der Waals surface area contributed by atoms with E-state index in [1.54, 1.807) is 11.3 Å². The van der Waals surface area contributed by atoms with Crippen LogP contribution in [0.2, 0.25) is 0 Å². The van der Waals surface area contributed by atoms with Crippen molar-refractivity contribution in [2.24, 2.45) is 5.92 Å². The topological polar surface area (TPSA) is 60.9 Å². The van der Waals surface area contributed by atoms with Crippen LogP contribution in [0.3, 0.4) is 0 Å². The van der Waals surface area contributed by atoms with E-state index in [1.807, 2.05) is 23.1 Å². The lowest BCUT2D eigenvalue weighted by Crippen LogP contribution is -2.47. The Labute approximate surface area is 175 Å². The molecule has 2 aromatic rings. The van der Waals surface area contributed by atoms with Gasteiger partial charge in [0.1, 0.15) is 0 Å². The summed E-state index contributed by atoms with van der Waals surface area (Å²) in [6.07, 6.45) is 2.15. The molecule has 0 spiro atoms. The number of aliphatic carboxylic acids is 1. The summed E-state index contributed by atoms with van der Waals surface area (Å²) in [5.74, 6) is -0.850. The molecule has 1 atom stereocenters. The van der Waals surface area contributed by atoms with Gasteiger partial charge < -0.3 is 10.0 Å². The van der Waals surface area contributed by atoms with Crippen molar-refractivity contribution in [1.29, 1.82) is 0 Å². The molecule has 3 heterocycles. The van der Waals surface area contributed by atoms with Gasteiger partial charge in [-0.15, -0.1) is 23.7 Å². The number of likely N-dealkylation sites (tertiary alicyclic amines) is 1. The lowest BCUT2D eigenvalue weighted by molar-refractivity contribution is -0.143. The number of rotatable bonds is 4. The van der Waals surface area contributed by atoms with Gasteiger partial charge in [0.05, 0.1) is 18.5 Å². The number of amides is 1. The molecule has 4 rings (SSSR count). The van der Waals surface area contributed by atoms with Crippen LogP contribution in [0.5, 0.6) is 0 Å². The summed E-state index contributed by atoms with van der Waals surface area (Å²) in [4.78, 5) is 29.8. The number of thiophene rings is 1. The summed E-state index contributed by atoms with van der Waals surface area (Å²) in [7, 11) is 0. The van der Waals surface area contributed by atoms with Crippen molar-refractivity contribution in [3.8, 4) is 0 Å². The molecule has 150 valence electrons. The van der Waals surface area contributed by atoms with Crippen LogP contribution in [0.4, 0.5) is 0 Å². The van der Waals surface area contributed by atoms with Crippen LogP contribution in [0.1, 0.15) is 34.9 Å². The van der Waals surface area contributed by atoms with Crippen LogP contribution in [0.15, 0.2) is 41.8 Å². The Hall–Kier alpha value is -1.89. The Morgan fingerprint density at radius 2 is 1.79 bits per heavy atom. The first-order valence-corrected chi connectivity index (χ1v) is 10.4. The van der Waals surface area contributed by atoms with Gasteiger partial charge in [-0.3, -0.25) is 14.5 Å². The molecule has 1 saturated heterocycles. The van der Waals surface area contributed by atoms with Crippen LogP contribution in [-0.2, 0) is 16.0 Å². The highest BCUT2D eigenvalue weighted by Gasteiger charge is 2.34. The fourth-order valence-electron chi connectivity index (χ4n) is 4.20. The summed E-state index contributed by atoms with van der Waals surface area (Å²) in [6, 6.07) is 12.4. The van der Waals surface area contributed by atoms with Gasteiger partial charge in [-0.1, -0.05) is 30.3 Å². The monoisotopic (exact) mass is 420 g/mol. The smallest absolute Gasteiger partial charge is 0.306 e. The van der Waals surface area contributed by atoms with Gasteiger partial charge in [-0.25, -0.2) is 0 Å². The maximum Gasteiger partial charge on any atom is 0.306 e. The first-order valence-electron chi connectivity index (χ1n) is 9.49. The van der Waals surface area contributed by atoms with E-state index in [2.05, 4.69) is 28.5 Å². The highest BCUT2D eigenvalue weighted by Crippen LogP contribution is 2.37. The Kier molecular flexibility index (Phi) is 6.75. The number of carboxylic acids is 1. The molecule has 1 unspecified atom stereocenters. The third-order valence-corrected chi connectivity index (χ3v) is 6.69. The minimum absolute atomic E-state index is 0. The van der Waals surface area contributed by atoms with Crippen molar-refractivity contribution < 1.29 is 14.7 Å². The average molecular weight is 421 g/mol. The van der Waals surface area contributed by atoms with E-state index in [9.17, 15) is 9.59 Å². The fourth-order valence-corrected chi connectivity index (χ4v) is 5.10. The van der Waals surface area contributed by atoms with E-state index in [0.29, 0.717) is 32.5 Å². The predicted octanol–water partition coefficient (Wildman–Crippen LogP) is 3.44. The highest BCUT2D eigenvalue weighted by atomic mass is 35.5. The Morgan fingerprint density at radius 1 is 1.07 bits per heavy atom. The van der Waals surface area contributed by atoms with Crippen LogP contribution >= 0.6 is 23.7 Å². The highest BCUT2D eigenvalue weighted by molar-refractivity contribution is 7.10. The first-order chi connectivity index (χ1) is 13.1. The van der Waals surface area contributed by atoms with E-state index < -0.39 is 5.97 Å². The molecule has 0 radical (unpaired) electrons. The molecule has 2 aliphatic rings. The van der Waals surface area contributed by atoms with E-state index in [0.717, 1.165) is 18.5 Å². The maximum absolute atomic E-state index is 13.2. The Morgan fingerprint density at radius 3 is 2.46 bits per heavy atom. The number of hydrogen-bond acceptors (Lipinski definition) is 4. The van der Waals surface area contributed by atoms with Gasteiger partial charge >= 0.3 is 5.97 Å². The van der Waals surface area contributed by atoms with Gasteiger partial charge in [-0.05, 0) is 54.9 Å². The molecule has 0 bridgehead atoms. The van der Waals surface area contributed by atoms with Gasteiger partial charge in [0, 0.05) is 11.4 Å². The van der Waals surface area contributed by atoms with Crippen molar-refractivity contribution in [2.45, 2.75) is 25.3 Å². The molecule has 0 saturated carbocycles. The van der Waals surface area contributed by atoms with E-state index in [4.69, 9.17) is 5.11 Å². The quantitative estimate of drug-likeness (QED) is 0.823. The molecule has 0 aliphatic carbocycles. The summed E-state index contributed by atoms with van der Waals surface area (Å²) in [5.41, 5.74) is 2.39. The summed E-state index contributed by atoms with van der Waals surface area (Å²) < 4.78 is 0. The van der Waals surface area contributed by atoms with Gasteiger partial charge in [0.2, 0.25) is 5.91 Å². The molecule has 7 heteroatoms. The average Bonchev–Trinajstić information content (AvgIpc) is 3.17. The first kappa shape index (κ1) is 20.8. The maximum atomic E-state index is 13.2. The van der Waals surface area contributed by atoms with Crippen molar-refractivity contribution in [2.75, 3.05) is 26.2 Å². The number of fused-ring (bicyclic) bond motifs is 1. The zero-order valence-electron chi connectivity index (χ0n) is 15.6. The molecule has 28 heavy (non-hydrogen) atoms. The number of carboxylic acid groups (broad SMARTS) is 1. The minimum atomic E-state index is -0.717. The molecule has 1 N–H and O–H groups in total. The Bertz CT molecular complexity index is 818. The molecular formula is C21H25ClN2O3S. The lowest BCUT2D eigenvalue weighted by Gasteiger charge is -2.38. The number of piperidine rings is 1. The zero-order chi connectivity index (χ0) is 18.8. The van der Waals surface area contributed by atoms with Crippen LogP contribution in [0.25, 0.3) is 0 Å². The van der Waals surface area contributed by atoms with Crippen LogP contribution in [0, 0.1) is 5.92 Å². The second-order valence-corrected chi connectivity index (χ2v) is 8.34. The minimum Gasteiger partial charge on any atom is -0.481 e. The molecule has 1 amide bonds. The third-order valence-electron chi connectivity index (χ3n) is 5.70. The normalized spacial score (nSPS) is 20.3. The largest absolute Gasteiger partial charge is 0.481 e. The fraction of sp³-hybridized carbons (Fsp3) is 0.429. The second-order valence-electron chi connectivity index (χ2n) is 7.34. The number of nitrogens with zero attached hydrogens (tertiary/aromatic N) is 2. The van der Waals surface area contributed by atoms with Crippen molar-refractivity contribution in [3.05, 3.63) is 57.8 Å². The molecule has 5 nitrogen and oxygen atoms in total. The summed E-state index contributed by atoms with van der Waals surface area (Å²) in [5, 5.41) is 11.3.